The summed E-state index contributed by atoms with van der Waals surface area (Å²) in [6.45, 7) is 7.71. The Balaban J connectivity index is 2.04. The zero-order valence-corrected chi connectivity index (χ0v) is 15.4. The van der Waals surface area contributed by atoms with Crippen LogP contribution in [0.3, 0.4) is 0 Å². The summed E-state index contributed by atoms with van der Waals surface area (Å²) in [4.78, 5) is 4.63. The molecule has 0 saturated heterocycles. The summed E-state index contributed by atoms with van der Waals surface area (Å²) in [7, 11) is 1.69. The monoisotopic (exact) mass is 333 g/mol. The quantitative estimate of drug-likeness (QED) is 0.592. The molecule has 5 nitrogen and oxygen atoms in total. The number of benzene rings is 1. The molecule has 0 atom stereocenters. The third-order valence-corrected chi connectivity index (χ3v) is 4.01. The third-order valence-electron chi connectivity index (χ3n) is 4.01. The van der Waals surface area contributed by atoms with Crippen molar-refractivity contribution >= 4 is 5.96 Å². The number of hydrogen-bond acceptors (Lipinski definition) is 3. The van der Waals surface area contributed by atoms with Crippen LogP contribution < -0.4 is 20.1 Å². The summed E-state index contributed by atoms with van der Waals surface area (Å²) in [6.07, 6.45) is 5.13. The van der Waals surface area contributed by atoms with E-state index in [9.17, 15) is 0 Å². The molecule has 134 valence electrons. The first-order valence-electron chi connectivity index (χ1n) is 9.00. The molecule has 0 aliphatic heterocycles. The van der Waals surface area contributed by atoms with Crippen molar-refractivity contribution in [2.45, 2.75) is 65.1 Å². The van der Waals surface area contributed by atoms with Crippen LogP contribution in [0.2, 0.25) is 0 Å². The topological polar surface area (TPSA) is 54.9 Å². The lowest BCUT2D eigenvalue weighted by atomic mass is 10.2. The molecule has 1 fully saturated rings. The van der Waals surface area contributed by atoms with E-state index in [0.29, 0.717) is 18.7 Å². The number of aliphatic imine (C=N–C) groups is 1. The van der Waals surface area contributed by atoms with Crippen molar-refractivity contribution in [1.82, 2.24) is 10.6 Å². The predicted molar refractivity (Wildman–Crippen MR) is 99.0 cm³/mol. The molecule has 2 rings (SSSR count). The maximum atomic E-state index is 6.08. The Bertz CT molecular complexity index is 537. The maximum Gasteiger partial charge on any atom is 0.191 e. The Morgan fingerprint density at radius 2 is 2.00 bits per heavy atom. The molecule has 0 unspecified atom stereocenters. The second-order valence-electron chi connectivity index (χ2n) is 6.50. The number of guanidine groups is 1. The van der Waals surface area contributed by atoms with Gasteiger partial charge in [0.2, 0.25) is 0 Å². The fourth-order valence-electron chi connectivity index (χ4n) is 2.86. The van der Waals surface area contributed by atoms with Crippen LogP contribution in [0.4, 0.5) is 0 Å². The van der Waals surface area contributed by atoms with E-state index in [0.717, 1.165) is 42.4 Å². The molecular weight excluding hydrogens is 302 g/mol. The van der Waals surface area contributed by atoms with Gasteiger partial charge in [0.15, 0.2) is 17.5 Å². The van der Waals surface area contributed by atoms with Gasteiger partial charge in [0.1, 0.15) is 0 Å². The van der Waals surface area contributed by atoms with Gasteiger partial charge in [0.05, 0.1) is 19.8 Å². The number of hydrogen-bond donors (Lipinski definition) is 2. The van der Waals surface area contributed by atoms with Crippen LogP contribution in [-0.2, 0) is 6.54 Å². The second-order valence-corrected chi connectivity index (χ2v) is 6.50. The number of methoxy groups -OCH3 is 1. The third kappa shape index (κ3) is 5.62. The van der Waals surface area contributed by atoms with Gasteiger partial charge >= 0.3 is 0 Å². The maximum absolute atomic E-state index is 6.08. The van der Waals surface area contributed by atoms with E-state index in [-0.39, 0.29) is 0 Å². The molecule has 1 aliphatic carbocycles. The molecule has 1 saturated carbocycles. The molecule has 2 N–H and O–H groups in total. The van der Waals surface area contributed by atoms with Crippen molar-refractivity contribution in [2.24, 2.45) is 4.99 Å². The summed E-state index contributed by atoms with van der Waals surface area (Å²) < 4.78 is 11.6. The molecular formula is C19H31N3O2. The zero-order chi connectivity index (χ0) is 17.4. The number of nitrogens with one attached hydrogen (secondary N) is 2. The van der Waals surface area contributed by atoms with Crippen molar-refractivity contribution < 1.29 is 9.47 Å². The van der Waals surface area contributed by atoms with Crippen molar-refractivity contribution in [3.8, 4) is 11.5 Å². The van der Waals surface area contributed by atoms with E-state index in [1.807, 2.05) is 12.1 Å². The second kappa shape index (κ2) is 9.40. The van der Waals surface area contributed by atoms with Gasteiger partial charge in [-0.3, -0.25) is 0 Å². The van der Waals surface area contributed by atoms with Gasteiger partial charge in [0, 0.05) is 12.6 Å². The average Bonchev–Trinajstić information content (AvgIpc) is 3.06. The average molecular weight is 333 g/mol. The molecule has 0 amide bonds. The smallest absolute Gasteiger partial charge is 0.191 e. The molecule has 0 aromatic heterocycles. The molecule has 24 heavy (non-hydrogen) atoms. The lowest BCUT2D eigenvalue weighted by Crippen LogP contribution is -2.40. The van der Waals surface area contributed by atoms with Crippen molar-refractivity contribution in [1.29, 1.82) is 0 Å². The minimum Gasteiger partial charge on any atom is -0.493 e. The van der Waals surface area contributed by atoms with Crippen LogP contribution >= 0.6 is 0 Å². The Labute approximate surface area is 145 Å². The zero-order valence-electron chi connectivity index (χ0n) is 15.4. The summed E-state index contributed by atoms with van der Waals surface area (Å²) in [5, 5.41) is 6.58. The van der Waals surface area contributed by atoms with E-state index in [1.165, 1.54) is 12.8 Å². The minimum atomic E-state index is 0.332. The van der Waals surface area contributed by atoms with Crippen LogP contribution in [0.5, 0.6) is 11.5 Å². The van der Waals surface area contributed by atoms with E-state index < -0.39 is 0 Å². The molecule has 5 heteroatoms. The molecule has 0 heterocycles. The van der Waals surface area contributed by atoms with Crippen molar-refractivity contribution in [3.63, 3.8) is 0 Å². The van der Waals surface area contributed by atoms with Crippen molar-refractivity contribution in [3.05, 3.63) is 23.8 Å². The number of rotatable bonds is 7. The Morgan fingerprint density at radius 3 is 2.62 bits per heavy atom. The molecule has 0 radical (unpaired) electrons. The highest BCUT2D eigenvalue weighted by Gasteiger charge is 2.18. The predicted octanol–water partition coefficient (Wildman–Crippen LogP) is 3.48. The number of ether oxygens (including phenoxy) is 2. The lowest BCUT2D eigenvalue weighted by Gasteiger charge is -2.17. The largest absolute Gasteiger partial charge is 0.493 e. The van der Waals surface area contributed by atoms with Gasteiger partial charge in [-0.1, -0.05) is 6.07 Å². The molecule has 1 aromatic carbocycles. The van der Waals surface area contributed by atoms with Gasteiger partial charge < -0.3 is 20.1 Å². The summed E-state index contributed by atoms with van der Waals surface area (Å²) in [5.41, 5.74) is 1.10. The SMILES string of the molecule is CCNC(=NCc1ccc(OC2CCCC2)c(OC)c1)NC(C)C. The van der Waals surface area contributed by atoms with E-state index >= 15 is 0 Å². The highest BCUT2D eigenvalue weighted by atomic mass is 16.5. The van der Waals surface area contributed by atoms with Crippen LogP contribution in [0.15, 0.2) is 23.2 Å². The fraction of sp³-hybridized carbons (Fsp3) is 0.632. The fourth-order valence-corrected chi connectivity index (χ4v) is 2.86. The van der Waals surface area contributed by atoms with Crippen molar-refractivity contribution in [2.75, 3.05) is 13.7 Å². The van der Waals surface area contributed by atoms with Gasteiger partial charge in [-0.15, -0.1) is 0 Å². The molecule has 1 aromatic rings. The standard InChI is InChI=1S/C19H31N3O2/c1-5-20-19(22-14(2)3)21-13-15-10-11-17(18(12-15)23-4)24-16-8-6-7-9-16/h10-12,14,16H,5-9,13H2,1-4H3,(H2,20,21,22). The van der Waals surface area contributed by atoms with Gasteiger partial charge in [-0.05, 0) is 64.2 Å². The Hall–Kier alpha value is -1.91. The first-order chi connectivity index (χ1) is 11.6. The highest BCUT2D eigenvalue weighted by Crippen LogP contribution is 2.32. The lowest BCUT2D eigenvalue weighted by molar-refractivity contribution is 0.200. The van der Waals surface area contributed by atoms with Crippen LogP contribution in [-0.4, -0.2) is 31.8 Å². The first kappa shape index (κ1) is 18.4. The summed E-state index contributed by atoms with van der Waals surface area (Å²) in [5.74, 6) is 2.46. The van der Waals surface area contributed by atoms with Crippen LogP contribution in [0, 0.1) is 0 Å². The van der Waals surface area contributed by atoms with Gasteiger partial charge in [-0.2, -0.15) is 0 Å². The minimum absolute atomic E-state index is 0.332. The summed E-state index contributed by atoms with van der Waals surface area (Å²) in [6, 6.07) is 6.44. The Kier molecular flexibility index (Phi) is 7.22. The van der Waals surface area contributed by atoms with E-state index in [1.54, 1.807) is 7.11 Å². The summed E-state index contributed by atoms with van der Waals surface area (Å²) >= 11 is 0. The first-order valence-corrected chi connectivity index (χ1v) is 9.00. The normalized spacial score (nSPS) is 15.6. The number of nitrogens with zero attached hydrogens (tertiary/aromatic N) is 1. The molecule has 1 aliphatic rings. The van der Waals surface area contributed by atoms with Crippen LogP contribution in [0.1, 0.15) is 52.0 Å². The van der Waals surface area contributed by atoms with E-state index in [2.05, 4.69) is 42.5 Å². The van der Waals surface area contributed by atoms with E-state index in [4.69, 9.17) is 9.47 Å². The Morgan fingerprint density at radius 1 is 1.25 bits per heavy atom. The van der Waals surface area contributed by atoms with Gasteiger partial charge in [0.25, 0.3) is 0 Å². The molecule has 0 spiro atoms. The highest BCUT2D eigenvalue weighted by molar-refractivity contribution is 5.80. The van der Waals surface area contributed by atoms with Gasteiger partial charge in [-0.25, -0.2) is 4.99 Å². The van der Waals surface area contributed by atoms with Crippen LogP contribution in [0.25, 0.3) is 0 Å². The molecule has 0 bridgehead atoms.